The van der Waals surface area contributed by atoms with Gasteiger partial charge in [0.05, 0.1) is 72.9 Å². The molecule has 0 aliphatic heterocycles. The van der Waals surface area contributed by atoms with Crippen molar-refractivity contribution in [3.63, 3.8) is 0 Å². The zero-order valence-electron chi connectivity index (χ0n) is 30.3. The van der Waals surface area contributed by atoms with Gasteiger partial charge < -0.3 is 9.13 Å². The van der Waals surface area contributed by atoms with Gasteiger partial charge in [0.1, 0.15) is 11.6 Å². The Morgan fingerprint density at radius 3 is 1.08 bits per heavy atom. The highest BCUT2D eigenvalue weighted by atomic mass is 19.4. The lowest BCUT2D eigenvalue weighted by Crippen LogP contribution is -2.09. The molecular weight excluding hydrogens is 857 g/mol. The summed E-state index contributed by atoms with van der Waals surface area (Å²) in [5, 5.41) is 19.1. The van der Waals surface area contributed by atoms with Gasteiger partial charge in [-0.15, -0.1) is 0 Å². The standard InChI is InChI=1S/C43H17F15N4/c44-39(45,46)22-1-6-33-28(14-22)29-15-23(40(47,48)49)2-7-34(29)61(33)37-10-5-27(21-11-20(18-59)12-26(13-21)43(56,57)58)38(32(37)19-60)62-35-8-3-24(41(50,51)52)16-30(35)31-17-25(42(53,54)55)4-9-36(31)62/h1-17H. The molecule has 8 aromatic rings. The van der Waals surface area contributed by atoms with Crippen molar-refractivity contribution in [3.05, 3.63) is 142 Å². The normalized spacial score (nSPS) is 13.0. The van der Waals surface area contributed by atoms with Crippen molar-refractivity contribution in [2.24, 2.45) is 0 Å². The number of halogens is 15. The van der Waals surface area contributed by atoms with Crippen molar-refractivity contribution in [1.29, 1.82) is 10.5 Å². The number of nitriles is 2. The summed E-state index contributed by atoms with van der Waals surface area (Å²) in [5.74, 6) is 0. The number of fused-ring (bicyclic) bond motifs is 6. The fourth-order valence-corrected chi connectivity index (χ4v) is 7.61. The molecule has 0 amide bonds. The van der Waals surface area contributed by atoms with Crippen LogP contribution in [0.3, 0.4) is 0 Å². The molecule has 4 nitrogen and oxygen atoms in total. The Labute approximate surface area is 336 Å². The molecule has 0 saturated heterocycles. The number of nitrogens with zero attached hydrogens (tertiary/aromatic N) is 4. The lowest BCUT2D eigenvalue weighted by molar-refractivity contribution is -0.138. The first-order valence-electron chi connectivity index (χ1n) is 17.5. The average molecular weight is 875 g/mol. The predicted molar refractivity (Wildman–Crippen MR) is 195 cm³/mol. The van der Waals surface area contributed by atoms with E-state index in [1.165, 1.54) is 0 Å². The lowest BCUT2D eigenvalue weighted by Gasteiger charge is -2.21. The minimum absolute atomic E-state index is 0.208. The Bertz CT molecular complexity index is 3110. The van der Waals surface area contributed by atoms with Crippen molar-refractivity contribution in [2.45, 2.75) is 30.9 Å². The fourth-order valence-electron chi connectivity index (χ4n) is 7.61. The van der Waals surface area contributed by atoms with Crippen LogP contribution in [0.4, 0.5) is 65.9 Å². The first kappa shape index (κ1) is 41.6. The van der Waals surface area contributed by atoms with E-state index in [2.05, 4.69) is 0 Å². The molecule has 0 atom stereocenters. The van der Waals surface area contributed by atoms with E-state index in [1.807, 2.05) is 6.07 Å². The molecule has 0 aliphatic rings. The van der Waals surface area contributed by atoms with Crippen LogP contribution in [0.25, 0.3) is 66.1 Å². The van der Waals surface area contributed by atoms with Crippen LogP contribution in [-0.2, 0) is 30.9 Å². The monoisotopic (exact) mass is 874 g/mol. The van der Waals surface area contributed by atoms with Gasteiger partial charge in [0.2, 0.25) is 0 Å². The molecule has 314 valence electrons. The Morgan fingerprint density at radius 2 is 0.742 bits per heavy atom. The zero-order valence-corrected chi connectivity index (χ0v) is 30.3. The molecule has 62 heavy (non-hydrogen) atoms. The van der Waals surface area contributed by atoms with Crippen LogP contribution in [0.5, 0.6) is 0 Å². The maximum absolute atomic E-state index is 14.3. The maximum Gasteiger partial charge on any atom is 0.416 e. The van der Waals surface area contributed by atoms with Gasteiger partial charge in [0, 0.05) is 27.1 Å². The summed E-state index contributed by atoms with van der Waals surface area (Å²) in [6, 6.07) is 15.8. The number of hydrogen-bond acceptors (Lipinski definition) is 2. The summed E-state index contributed by atoms with van der Waals surface area (Å²) < 4.78 is 213. The van der Waals surface area contributed by atoms with Crippen LogP contribution >= 0.6 is 0 Å². The van der Waals surface area contributed by atoms with Crippen molar-refractivity contribution in [2.75, 3.05) is 0 Å². The van der Waals surface area contributed by atoms with E-state index in [0.717, 1.165) is 51.6 Å². The van der Waals surface area contributed by atoms with Gasteiger partial charge in [-0.1, -0.05) is 6.07 Å². The summed E-state index contributed by atoms with van der Waals surface area (Å²) in [5.41, 5.74) is -10.3. The fraction of sp³-hybridized carbons (Fsp3) is 0.116. The van der Waals surface area contributed by atoms with E-state index < -0.39 is 91.8 Å². The van der Waals surface area contributed by atoms with Crippen LogP contribution < -0.4 is 0 Å². The van der Waals surface area contributed by atoms with Gasteiger partial charge >= 0.3 is 30.9 Å². The van der Waals surface area contributed by atoms with Gasteiger partial charge in [-0.3, -0.25) is 0 Å². The molecule has 0 saturated carbocycles. The number of hydrogen-bond donors (Lipinski definition) is 0. The summed E-state index contributed by atoms with van der Waals surface area (Å²) in [4.78, 5) is 0. The van der Waals surface area contributed by atoms with Crippen molar-refractivity contribution >= 4 is 43.6 Å². The van der Waals surface area contributed by atoms with E-state index in [0.29, 0.717) is 60.7 Å². The van der Waals surface area contributed by atoms with E-state index in [1.54, 1.807) is 6.07 Å². The maximum atomic E-state index is 14.3. The van der Waals surface area contributed by atoms with Gasteiger partial charge in [-0.25, -0.2) is 0 Å². The van der Waals surface area contributed by atoms with Gasteiger partial charge in [0.15, 0.2) is 0 Å². The van der Waals surface area contributed by atoms with Crippen molar-refractivity contribution < 1.29 is 65.9 Å². The number of aromatic nitrogens is 2. The van der Waals surface area contributed by atoms with E-state index in [-0.39, 0.29) is 44.1 Å². The Kier molecular flexibility index (Phi) is 9.18. The second-order valence-electron chi connectivity index (χ2n) is 14.0. The summed E-state index contributed by atoms with van der Waals surface area (Å²) >= 11 is 0. The number of rotatable bonds is 3. The molecule has 0 radical (unpaired) electrons. The third-order valence-corrected chi connectivity index (χ3v) is 10.3. The Morgan fingerprint density at radius 1 is 0.371 bits per heavy atom. The highest BCUT2D eigenvalue weighted by Crippen LogP contribution is 2.46. The second kappa shape index (κ2) is 13.7. The molecule has 0 bridgehead atoms. The average Bonchev–Trinajstić information content (AvgIpc) is 3.69. The third kappa shape index (κ3) is 6.87. The molecule has 19 heteroatoms. The van der Waals surface area contributed by atoms with Crippen LogP contribution in [-0.4, -0.2) is 9.13 Å². The van der Waals surface area contributed by atoms with Crippen LogP contribution in [0.1, 0.15) is 38.9 Å². The van der Waals surface area contributed by atoms with Crippen LogP contribution in [0.2, 0.25) is 0 Å². The zero-order chi connectivity index (χ0) is 45.1. The SMILES string of the molecule is N#Cc1cc(-c2ccc(-n3c4ccc(C(F)(F)F)cc4c4cc(C(F)(F)F)ccc43)c(C#N)c2-n2c3ccc(C(F)(F)F)cc3c3cc(C(F)(F)F)ccc32)cc(C(F)(F)F)c1. The molecule has 8 rings (SSSR count). The first-order chi connectivity index (χ1) is 28.8. The van der Waals surface area contributed by atoms with E-state index in [4.69, 9.17) is 0 Å². The Hall–Kier alpha value is -7.15. The predicted octanol–water partition coefficient (Wildman–Crippen LogP) is 14.4. The molecule has 6 aromatic carbocycles. The molecular formula is C43H17F15N4. The summed E-state index contributed by atoms with van der Waals surface area (Å²) in [6.45, 7) is 0. The van der Waals surface area contributed by atoms with Crippen LogP contribution in [0.15, 0.2) is 103 Å². The largest absolute Gasteiger partial charge is 0.416 e. The van der Waals surface area contributed by atoms with E-state index in [9.17, 15) is 76.4 Å². The number of benzene rings is 6. The first-order valence-corrected chi connectivity index (χ1v) is 17.5. The second-order valence-corrected chi connectivity index (χ2v) is 14.0. The smallest absolute Gasteiger partial charge is 0.308 e. The molecule has 0 fully saturated rings. The minimum Gasteiger partial charge on any atom is -0.308 e. The third-order valence-electron chi connectivity index (χ3n) is 10.3. The molecule has 2 heterocycles. The topological polar surface area (TPSA) is 57.4 Å². The van der Waals surface area contributed by atoms with Crippen molar-refractivity contribution in [1.82, 2.24) is 9.13 Å². The summed E-state index contributed by atoms with van der Waals surface area (Å²) in [7, 11) is 0. The minimum atomic E-state index is -5.08. The molecule has 0 spiro atoms. The molecule has 0 unspecified atom stereocenters. The highest BCUT2D eigenvalue weighted by Gasteiger charge is 2.37. The number of alkyl halides is 15. The van der Waals surface area contributed by atoms with Crippen molar-refractivity contribution in [3.8, 4) is 34.6 Å². The quantitative estimate of drug-likeness (QED) is 0.166. The molecule has 0 N–H and O–H groups in total. The van der Waals surface area contributed by atoms with Gasteiger partial charge in [-0.05, 0) is 103 Å². The summed E-state index contributed by atoms with van der Waals surface area (Å²) in [6.07, 6.45) is -25.1. The van der Waals surface area contributed by atoms with E-state index >= 15 is 0 Å². The molecule has 0 aliphatic carbocycles. The van der Waals surface area contributed by atoms with Gasteiger partial charge in [-0.2, -0.15) is 76.4 Å². The molecule has 2 aromatic heterocycles. The highest BCUT2D eigenvalue weighted by molar-refractivity contribution is 6.12. The van der Waals surface area contributed by atoms with Gasteiger partial charge in [0.25, 0.3) is 0 Å². The lowest BCUT2D eigenvalue weighted by atomic mass is 9.95. The Balaban J connectivity index is 1.58. The van der Waals surface area contributed by atoms with Crippen LogP contribution in [0, 0.1) is 22.7 Å².